The minimum atomic E-state index is -2.15. The predicted octanol–water partition coefficient (Wildman–Crippen LogP) is 6.96. The first kappa shape index (κ1) is 36.8. The molecule has 0 aliphatic heterocycles. The van der Waals surface area contributed by atoms with Crippen LogP contribution in [0.25, 0.3) is 0 Å². The third kappa shape index (κ3) is 9.42. The third-order valence-electron chi connectivity index (χ3n) is 7.15. The van der Waals surface area contributed by atoms with Crippen LogP contribution in [0.15, 0.2) is 111 Å². The number of carboxylic acid groups (broad SMARTS) is 1. The molecule has 0 unspecified atom stereocenters. The number of hydrogen-bond donors (Lipinski definition) is 3. The summed E-state index contributed by atoms with van der Waals surface area (Å²) in [5.41, 5.74) is 7.13. The van der Waals surface area contributed by atoms with E-state index in [1.807, 2.05) is 54.6 Å². The van der Waals surface area contributed by atoms with Crippen LogP contribution in [0.5, 0.6) is 0 Å². The van der Waals surface area contributed by atoms with Crippen molar-refractivity contribution < 1.29 is 24.4 Å². The summed E-state index contributed by atoms with van der Waals surface area (Å²) in [6.07, 6.45) is 0.677. The second-order valence-corrected chi connectivity index (χ2v) is 16.5. The molecule has 10 heteroatoms. The molecular weight excluding hydrogens is 600 g/mol. The van der Waals surface area contributed by atoms with Crippen molar-refractivity contribution in [2.75, 3.05) is 12.3 Å². The van der Waals surface area contributed by atoms with Crippen molar-refractivity contribution in [2.24, 2.45) is 16.5 Å². The molecule has 3 rings (SSSR count). The summed E-state index contributed by atoms with van der Waals surface area (Å²) in [5.74, 6) is -1.51. The molecule has 0 saturated carbocycles. The molecule has 5 N–H and O–H groups in total. The summed E-state index contributed by atoms with van der Waals surface area (Å²) in [4.78, 5) is 47.9. The van der Waals surface area contributed by atoms with Crippen LogP contribution in [-0.4, -0.2) is 57.1 Å². The number of ketones is 1. The first-order valence-electron chi connectivity index (χ1n) is 15.6. The normalized spacial score (nSPS) is 14.0. The summed E-state index contributed by atoms with van der Waals surface area (Å²) in [5, 5.41) is 12.0. The minimum Gasteiger partial charge on any atom is -0.479 e. The number of carbonyl (C=O) groups excluding carboxylic acids is 1. The Morgan fingerprint density at radius 1 is 0.739 bits per heavy atom. The van der Waals surface area contributed by atoms with Gasteiger partial charge in [0.15, 0.2) is 11.7 Å². The number of guanidine groups is 1. The lowest BCUT2D eigenvalue weighted by atomic mass is 9.87. The van der Waals surface area contributed by atoms with E-state index in [2.05, 4.69) is 41.4 Å². The fraction of sp³-hybridized carbons (Fsp3) is 0.417. The van der Waals surface area contributed by atoms with Crippen molar-refractivity contribution >= 4 is 27.7 Å². The number of benzene rings is 3. The number of carboxylic acids is 1. The first-order valence-corrected chi connectivity index (χ1v) is 17.4. The van der Waals surface area contributed by atoms with Crippen molar-refractivity contribution in [3.05, 3.63) is 91.0 Å². The highest BCUT2D eigenvalue weighted by molar-refractivity contribution is 8.33. The summed E-state index contributed by atoms with van der Waals surface area (Å²) in [6.45, 7) is 11.0. The summed E-state index contributed by atoms with van der Waals surface area (Å²) in [7, 11) is -2.01. The zero-order valence-corrected chi connectivity index (χ0v) is 28.8. The fourth-order valence-corrected chi connectivity index (χ4v) is 9.06. The first-order chi connectivity index (χ1) is 21.6. The van der Waals surface area contributed by atoms with Gasteiger partial charge in [0.1, 0.15) is 0 Å². The van der Waals surface area contributed by atoms with Gasteiger partial charge in [-0.1, -0.05) is 54.6 Å². The minimum absolute atomic E-state index is 0.0450. The second-order valence-electron chi connectivity index (χ2n) is 13.1. The number of hydrogen-bond acceptors (Lipinski definition) is 6. The number of hydroxylamine groups is 2. The van der Waals surface area contributed by atoms with Crippen molar-refractivity contribution in [3.8, 4) is 0 Å². The van der Waals surface area contributed by atoms with Crippen LogP contribution < -0.4 is 11.5 Å². The molecule has 0 radical (unpaired) electrons. The van der Waals surface area contributed by atoms with Crippen LogP contribution in [0.1, 0.15) is 67.2 Å². The highest BCUT2D eigenvalue weighted by Crippen LogP contribution is 2.68. The molecule has 0 aliphatic carbocycles. The fourth-order valence-electron chi connectivity index (χ4n) is 5.18. The molecule has 0 bridgehead atoms. The Balaban J connectivity index is 2.18. The molecule has 0 spiro atoms. The van der Waals surface area contributed by atoms with E-state index in [0.29, 0.717) is 25.1 Å². The second kappa shape index (κ2) is 15.7. The van der Waals surface area contributed by atoms with Crippen LogP contribution in [0.2, 0.25) is 0 Å². The molecular formula is C36H50N4O5S. The van der Waals surface area contributed by atoms with Gasteiger partial charge in [-0.3, -0.25) is 19.5 Å². The van der Waals surface area contributed by atoms with Gasteiger partial charge < -0.3 is 16.6 Å². The number of aliphatic carboxylic acids is 1. The topological polar surface area (TPSA) is 140 Å². The van der Waals surface area contributed by atoms with E-state index in [0.717, 1.165) is 19.9 Å². The van der Waals surface area contributed by atoms with E-state index in [1.165, 1.54) is 0 Å². The largest absolute Gasteiger partial charge is 0.479 e. The zero-order chi connectivity index (χ0) is 34.0. The number of unbranched alkanes of at least 4 members (excludes halogenated alkanes) is 1. The Morgan fingerprint density at radius 3 is 1.50 bits per heavy atom. The lowest BCUT2D eigenvalue weighted by molar-refractivity contribution is -0.453. The van der Waals surface area contributed by atoms with Gasteiger partial charge >= 0.3 is 5.97 Å². The van der Waals surface area contributed by atoms with Crippen molar-refractivity contribution in [1.29, 1.82) is 0 Å². The van der Waals surface area contributed by atoms with E-state index >= 15 is 0 Å². The maximum atomic E-state index is 14.8. The van der Waals surface area contributed by atoms with Gasteiger partial charge in [-0.05, 0) is 123 Å². The summed E-state index contributed by atoms with van der Waals surface area (Å²) in [6, 6.07) is 30.4. The van der Waals surface area contributed by atoms with Crippen molar-refractivity contribution in [1.82, 2.24) is 5.23 Å². The standard InChI is InChI=1S/C36H50N4O5S/c1-34(2,3)44-40(45-35(4,5)6)36(32(42)43,25-16-17-26-39-33(37)38)31(41)24-27-46(28-18-10-7-11-19-28,29-20-12-8-13-21-29)30-22-14-9-15-23-30/h7-15,18-23H,16-17,24-27H2,1-6H3,(H,42,43)(H4,37,38,39)/t36-/m1/s1. The van der Waals surface area contributed by atoms with Gasteiger partial charge in [0.05, 0.1) is 11.2 Å². The molecule has 0 aromatic heterocycles. The highest BCUT2D eigenvalue weighted by Gasteiger charge is 2.55. The predicted molar refractivity (Wildman–Crippen MR) is 185 cm³/mol. The third-order valence-corrected chi connectivity index (χ3v) is 11.2. The number of carbonyl (C=O) groups is 2. The quantitative estimate of drug-likeness (QED) is 0.0497. The molecule has 1 atom stereocenters. The van der Waals surface area contributed by atoms with Crippen molar-refractivity contribution in [3.63, 3.8) is 0 Å². The van der Waals surface area contributed by atoms with E-state index in [9.17, 15) is 14.7 Å². The average molecular weight is 651 g/mol. The molecule has 250 valence electrons. The van der Waals surface area contributed by atoms with Gasteiger partial charge in [-0.2, -0.15) is 10.0 Å². The Kier molecular flexibility index (Phi) is 12.6. The van der Waals surface area contributed by atoms with Gasteiger partial charge in [0, 0.05) is 13.0 Å². The number of rotatable bonds is 16. The SMILES string of the molecule is CC(C)(C)ON(OC(C)(C)C)[C@@](CCCCN=C(N)N)(C(=O)O)C(=O)CCS(c1ccccc1)(c1ccccc1)c1ccccc1. The van der Waals surface area contributed by atoms with Crippen LogP contribution in [0, 0.1) is 0 Å². The van der Waals surface area contributed by atoms with E-state index in [1.54, 1.807) is 41.5 Å². The number of nitrogens with zero attached hydrogens (tertiary/aromatic N) is 2. The van der Waals surface area contributed by atoms with Crippen molar-refractivity contribution in [2.45, 2.75) is 98.7 Å². The van der Waals surface area contributed by atoms with E-state index in [-0.39, 0.29) is 18.8 Å². The molecule has 0 fully saturated rings. The summed E-state index contributed by atoms with van der Waals surface area (Å²) < 4.78 is 0. The zero-order valence-electron chi connectivity index (χ0n) is 27.9. The molecule has 3 aromatic rings. The molecule has 0 amide bonds. The highest BCUT2D eigenvalue weighted by atomic mass is 32.3. The lowest BCUT2D eigenvalue weighted by Crippen LogP contribution is -2.63. The lowest BCUT2D eigenvalue weighted by Gasteiger charge is -2.44. The smallest absolute Gasteiger partial charge is 0.336 e. The maximum Gasteiger partial charge on any atom is 0.336 e. The maximum absolute atomic E-state index is 14.8. The van der Waals surface area contributed by atoms with Gasteiger partial charge in [0.25, 0.3) is 0 Å². The van der Waals surface area contributed by atoms with Crippen LogP contribution in [0.3, 0.4) is 0 Å². The van der Waals surface area contributed by atoms with Gasteiger partial charge in [-0.15, -0.1) is 0 Å². The van der Waals surface area contributed by atoms with Crippen LogP contribution >= 0.6 is 10.0 Å². The van der Waals surface area contributed by atoms with E-state index < -0.39 is 38.5 Å². The molecule has 0 heterocycles. The Morgan fingerprint density at radius 2 is 1.15 bits per heavy atom. The monoisotopic (exact) mass is 650 g/mol. The molecule has 46 heavy (non-hydrogen) atoms. The van der Waals surface area contributed by atoms with E-state index in [4.69, 9.17) is 21.1 Å². The Labute approximate surface area is 275 Å². The van der Waals surface area contributed by atoms with Crippen LogP contribution in [0.4, 0.5) is 0 Å². The van der Waals surface area contributed by atoms with Gasteiger partial charge in [-0.25, -0.2) is 4.79 Å². The Hall–Kier alpha value is -3.70. The number of nitrogens with two attached hydrogens (primary N) is 2. The molecule has 0 aliphatic rings. The van der Waals surface area contributed by atoms with Gasteiger partial charge in [0.2, 0.25) is 5.54 Å². The number of Topliss-reactive ketones (excluding diaryl/α,β-unsaturated/α-hetero) is 1. The summed E-state index contributed by atoms with van der Waals surface area (Å²) >= 11 is 0. The molecule has 0 saturated heterocycles. The molecule has 9 nitrogen and oxygen atoms in total. The average Bonchev–Trinajstić information content (AvgIpc) is 2.99. The Bertz CT molecular complexity index is 1320. The molecule has 3 aromatic carbocycles. The number of aliphatic imine (C=N–C) groups is 1. The van der Waals surface area contributed by atoms with Crippen LogP contribution in [-0.2, 0) is 19.3 Å².